The van der Waals surface area contributed by atoms with Gasteiger partial charge in [-0.1, -0.05) is 35.3 Å². The average molecular weight is 284 g/mol. The molecular formula is C12H11Cl2N3O. The fourth-order valence-corrected chi connectivity index (χ4v) is 1.85. The number of nitrogens with one attached hydrogen (secondary N) is 1. The van der Waals surface area contributed by atoms with Gasteiger partial charge in [0.2, 0.25) is 0 Å². The van der Waals surface area contributed by atoms with Gasteiger partial charge in [-0.25, -0.2) is 4.98 Å². The van der Waals surface area contributed by atoms with Crippen molar-refractivity contribution in [1.29, 1.82) is 0 Å². The number of para-hydroxylation sites is 2. The fraction of sp³-hybridized carbons (Fsp3) is 0.0833. The monoisotopic (exact) mass is 283 g/mol. The molecule has 1 aromatic carbocycles. The van der Waals surface area contributed by atoms with Crippen LogP contribution >= 0.6 is 23.2 Å². The summed E-state index contributed by atoms with van der Waals surface area (Å²) in [5, 5.41) is 3.77. The second-order valence-electron chi connectivity index (χ2n) is 3.51. The molecule has 94 valence electrons. The minimum atomic E-state index is 0.221. The van der Waals surface area contributed by atoms with Crippen molar-refractivity contribution in [3.05, 3.63) is 40.4 Å². The first-order valence-electron chi connectivity index (χ1n) is 5.13. The van der Waals surface area contributed by atoms with E-state index in [4.69, 9.17) is 33.7 Å². The molecule has 6 heteroatoms. The maximum Gasteiger partial charge on any atom is 0.151 e. The normalized spacial score (nSPS) is 10.2. The van der Waals surface area contributed by atoms with Crippen molar-refractivity contribution in [1.82, 2.24) is 4.98 Å². The van der Waals surface area contributed by atoms with Crippen molar-refractivity contribution in [2.24, 2.45) is 0 Å². The van der Waals surface area contributed by atoms with Crippen LogP contribution in [0.3, 0.4) is 0 Å². The molecule has 0 amide bonds. The maximum absolute atomic E-state index is 6.04. The lowest BCUT2D eigenvalue weighted by molar-refractivity contribution is 0.417. The molecule has 0 fully saturated rings. The van der Waals surface area contributed by atoms with Crippen molar-refractivity contribution < 1.29 is 4.74 Å². The Balaban J connectivity index is 2.37. The molecule has 1 aromatic heterocycles. The Bertz CT molecular complexity index is 575. The first kappa shape index (κ1) is 12.8. The third-order valence-corrected chi connectivity index (χ3v) is 2.91. The molecule has 0 unspecified atom stereocenters. The van der Waals surface area contributed by atoms with Crippen LogP contribution in [0, 0.1) is 0 Å². The predicted molar refractivity (Wildman–Crippen MR) is 74.9 cm³/mol. The van der Waals surface area contributed by atoms with E-state index in [2.05, 4.69) is 10.3 Å². The Labute approximate surface area is 115 Å². The Kier molecular flexibility index (Phi) is 3.79. The van der Waals surface area contributed by atoms with Crippen LogP contribution in [-0.2, 0) is 0 Å². The zero-order valence-electron chi connectivity index (χ0n) is 9.58. The quantitative estimate of drug-likeness (QED) is 0.901. The van der Waals surface area contributed by atoms with Crippen LogP contribution in [0.25, 0.3) is 0 Å². The number of ether oxygens (including phenoxy) is 1. The molecule has 0 aliphatic carbocycles. The van der Waals surface area contributed by atoms with Gasteiger partial charge in [-0.15, -0.1) is 0 Å². The second kappa shape index (κ2) is 5.33. The third kappa shape index (κ3) is 2.60. The number of hydrogen-bond acceptors (Lipinski definition) is 4. The molecule has 0 aliphatic heterocycles. The van der Waals surface area contributed by atoms with Crippen LogP contribution in [-0.4, -0.2) is 12.1 Å². The van der Waals surface area contributed by atoms with Crippen LogP contribution in [0.2, 0.25) is 10.0 Å². The van der Waals surface area contributed by atoms with Crippen LogP contribution in [0.15, 0.2) is 30.3 Å². The predicted octanol–water partition coefficient (Wildman–Crippen LogP) is 3.72. The minimum Gasteiger partial charge on any atom is -0.495 e. The van der Waals surface area contributed by atoms with Gasteiger partial charge < -0.3 is 15.8 Å². The van der Waals surface area contributed by atoms with Crippen LogP contribution in [0.5, 0.6) is 5.75 Å². The first-order valence-corrected chi connectivity index (χ1v) is 5.89. The van der Waals surface area contributed by atoms with E-state index in [0.717, 1.165) is 5.69 Å². The van der Waals surface area contributed by atoms with E-state index in [1.54, 1.807) is 13.2 Å². The number of nitrogen functional groups attached to an aromatic ring is 1. The molecule has 18 heavy (non-hydrogen) atoms. The van der Waals surface area contributed by atoms with Crippen molar-refractivity contribution >= 4 is 40.5 Å². The zero-order chi connectivity index (χ0) is 13.1. The smallest absolute Gasteiger partial charge is 0.151 e. The summed E-state index contributed by atoms with van der Waals surface area (Å²) in [7, 11) is 1.59. The van der Waals surface area contributed by atoms with Crippen molar-refractivity contribution in [2.45, 2.75) is 0 Å². The van der Waals surface area contributed by atoms with E-state index in [-0.39, 0.29) is 5.82 Å². The zero-order valence-corrected chi connectivity index (χ0v) is 11.1. The average Bonchev–Trinajstić information content (AvgIpc) is 2.36. The number of pyridine rings is 1. The van der Waals surface area contributed by atoms with Gasteiger partial charge in [-0.3, -0.25) is 0 Å². The summed E-state index contributed by atoms with van der Waals surface area (Å²) in [6.45, 7) is 0. The van der Waals surface area contributed by atoms with Gasteiger partial charge in [0.05, 0.1) is 22.8 Å². The van der Waals surface area contributed by atoms with Gasteiger partial charge in [-0.05, 0) is 18.2 Å². The molecule has 3 N–H and O–H groups in total. The third-order valence-electron chi connectivity index (χ3n) is 2.32. The van der Waals surface area contributed by atoms with Crippen molar-refractivity contribution in [3.8, 4) is 5.75 Å². The Hall–Kier alpha value is -1.65. The molecule has 0 radical (unpaired) electrons. The van der Waals surface area contributed by atoms with E-state index in [1.807, 2.05) is 24.3 Å². The molecule has 0 atom stereocenters. The number of methoxy groups -OCH3 is 1. The summed E-state index contributed by atoms with van der Waals surface area (Å²) in [4.78, 5) is 4.09. The molecular weight excluding hydrogens is 273 g/mol. The van der Waals surface area contributed by atoms with E-state index < -0.39 is 0 Å². The molecule has 0 bridgehead atoms. The van der Waals surface area contributed by atoms with Gasteiger partial charge in [0.1, 0.15) is 11.6 Å². The highest BCUT2D eigenvalue weighted by molar-refractivity contribution is 6.37. The number of rotatable bonds is 3. The fourth-order valence-electron chi connectivity index (χ4n) is 1.44. The molecule has 2 rings (SSSR count). The molecule has 2 aromatic rings. The highest BCUT2D eigenvalue weighted by Gasteiger charge is 2.09. The Morgan fingerprint density at radius 1 is 1.22 bits per heavy atom. The lowest BCUT2D eigenvalue weighted by Gasteiger charge is -2.12. The minimum absolute atomic E-state index is 0.221. The number of nitrogens with two attached hydrogens (primary N) is 1. The Morgan fingerprint density at radius 3 is 2.67 bits per heavy atom. The summed E-state index contributed by atoms with van der Waals surface area (Å²) in [6, 6.07) is 8.97. The summed E-state index contributed by atoms with van der Waals surface area (Å²) in [5.74, 6) is 1.34. The molecule has 4 nitrogen and oxygen atoms in total. The Morgan fingerprint density at radius 2 is 1.94 bits per heavy atom. The van der Waals surface area contributed by atoms with Crippen molar-refractivity contribution in [3.63, 3.8) is 0 Å². The topological polar surface area (TPSA) is 60.2 Å². The largest absolute Gasteiger partial charge is 0.495 e. The van der Waals surface area contributed by atoms with Gasteiger partial charge >= 0.3 is 0 Å². The molecule has 0 aliphatic rings. The van der Waals surface area contributed by atoms with Crippen molar-refractivity contribution in [2.75, 3.05) is 18.2 Å². The van der Waals surface area contributed by atoms with Gasteiger partial charge in [0.25, 0.3) is 0 Å². The summed E-state index contributed by atoms with van der Waals surface area (Å²) in [5.41, 5.74) is 6.39. The van der Waals surface area contributed by atoms with Gasteiger partial charge in [-0.2, -0.15) is 0 Å². The highest BCUT2D eigenvalue weighted by Crippen LogP contribution is 2.32. The summed E-state index contributed by atoms with van der Waals surface area (Å²) < 4.78 is 5.22. The molecule has 0 saturated heterocycles. The first-order chi connectivity index (χ1) is 8.61. The lowest BCUT2D eigenvalue weighted by atomic mass is 10.3. The summed E-state index contributed by atoms with van der Waals surface area (Å²) in [6.07, 6.45) is 0. The second-order valence-corrected chi connectivity index (χ2v) is 4.33. The molecule has 0 spiro atoms. The molecule has 1 heterocycles. The molecule has 0 saturated carbocycles. The van der Waals surface area contributed by atoms with E-state index in [9.17, 15) is 0 Å². The number of hydrogen-bond donors (Lipinski definition) is 2. The number of benzene rings is 1. The van der Waals surface area contributed by atoms with Gasteiger partial charge in [0, 0.05) is 0 Å². The van der Waals surface area contributed by atoms with E-state index in [0.29, 0.717) is 21.6 Å². The number of anilines is 3. The van der Waals surface area contributed by atoms with E-state index in [1.165, 1.54) is 0 Å². The standard InChI is InChI=1S/C12H11Cl2N3O/c1-18-10-5-3-2-4-9(10)16-12-8(14)6-7(13)11(15)17-12/h2-6H,1H3,(H3,15,16,17). The highest BCUT2D eigenvalue weighted by atomic mass is 35.5. The number of aromatic nitrogens is 1. The lowest BCUT2D eigenvalue weighted by Crippen LogP contribution is -2.00. The van der Waals surface area contributed by atoms with Crippen LogP contribution in [0.4, 0.5) is 17.3 Å². The summed E-state index contributed by atoms with van der Waals surface area (Å²) >= 11 is 11.9. The maximum atomic E-state index is 6.04. The number of halogens is 2. The van der Waals surface area contributed by atoms with Crippen LogP contribution < -0.4 is 15.8 Å². The van der Waals surface area contributed by atoms with E-state index >= 15 is 0 Å². The number of nitrogens with zero attached hydrogens (tertiary/aromatic N) is 1. The van der Waals surface area contributed by atoms with Crippen LogP contribution in [0.1, 0.15) is 0 Å². The van der Waals surface area contributed by atoms with Gasteiger partial charge in [0.15, 0.2) is 5.82 Å². The SMILES string of the molecule is COc1ccccc1Nc1nc(N)c(Cl)cc1Cl.